The van der Waals surface area contributed by atoms with Crippen molar-refractivity contribution in [1.82, 2.24) is 9.88 Å². The van der Waals surface area contributed by atoms with Crippen LogP contribution in [-0.2, 0) is 4.79 Å². The molecule has 0 aromatic carbocycles. The number of amides is 1. The molecule has 2 heterocycles. The molecule has 0 atom stereocenters. The van der Waals surface area contributed by atoms with E-state index >= 15 is 0 Å². The molecule has 0 bridgehead atoms. The van der Waals surface area contributed by atoms with Gasteiger partial charge in [0, 0.05) is 25.9 Å². The summed E-state index contributed by atoms with van der Waals surface area (Å²) in [6, 6.07) is 0. The first kappa shape index (κ1) is 12.0. The van der Waals surface area contributed by atoms with E-state index in [1.807, 2.05) is 11.8 Å². The number of aryl methyl sites for hydroxylation is 1. The SMILES string of the molecule is CC(=O)N1CCC(c2nc(C)c(Br)s2)CC1. The Morgan fingerprint density at radius 2 is 2.12 bits per heavy atom. The van der Waals surface area contributed by atoms with Crippen molar-refractivity contribution in [3.8, 4) is 0 Å². The Hall–Kier alpha value is -0.420. The molecule has 0 aliphatic carbocycles. The van der Waals surface area contributed by atoms with Gasteiger partial charge >= 0.3 is 0 Å². The van der Waals surface area contributed by atoms with Crippen molar-refractivity contribution in [3.05, 3.63) is 14.5 Å². The third kappa shape index (κ3) is 2.46. The third-order valence-corrected chi connectivity index (χ3v) is 5.21. The molecule has 0 saturated carbocycles. The summed E-state index contributed by atoms with van der Waals surface area (Å²) in [7, 11) is 0. The summed E-state index contributed by atoms with van der Waals surface area (Å²) >= 11 is 5.24. The van der Waals surface area contributed by atoms with Gasteiger partial charge in [-0.3, -0.25) is 4.79 Å². The average Bonchev–Trinajstić information content (AvgIpc) is 2.59. The summed E-state index contributed by atoms with van der Waals surface area (Å²) in [5, 5.41) is 1.22. The number of aromatic nitrogens is 1. The second-order valence-corrected chi connectivity index (χ2v) is 6.54. The zero-order valence-corrected chi connectivity index (χ0v) is 11.9. The number of thiazole rings is 1. The van der Waals surface area contributed by atoms with E-state index in [4.69, 9.17) is 0 Å². The number of halogens is 1. The molecule has 0 spiro atoms. The van der Waals surface area contributed by atoms with E-state index in [-0.39, 0.29) is 5.91 Å². The van der Waals surface area contributed by atoms with Crippen LogP contribution >= 0.6 is 27.3 Å². The molecule has 0 radical (unpaired) electrons. The molecule has 1 aliphatic heterocycles. The lowest BCUT2D eigenvalue weighted by Crippen LogP contribution is -2.36. The zero-order valence-electron chi connectivity index (χ0n) is 9.49. The van der Waals surface area contributed by atoms with Crippen LogP contribution in [0, 0.1) is 6.92 Å². The highest BCUT2D eigenvalue weighted by Gasteiger charge is 2.24. The summed E-state index contributed by atoms with van der Waals surface area (Å²) in [5.41, 5.74) is 1.08. The van der Waals surface area contributed by atoms with Crippen molar-refractivity contribution < 1.29 is 4.79 Å². The second-order valence-electron chi connectivity index (χ2n) is 4.19. The number of likely N-dealkylation sites (tertiary alicyclic amines) is 1. The largest absolute Gasteiger partial charge is 0.343 e. The van der Waals surface area contributed by atoms with Crippen LogP contribution in [0.3, 0.4) is 0 Å². The fourth-order valence-corrected chi connectivity index (χ4v) is 3.56. The minimum Gasteiger partial charge on any atom is -0.343 e. The molecule has 0 N–H and O–H groups in total. The molecule has 1 fully saturated rings. The molecule has 3 nitrogen and oxygen atoms in total. The van der Waals surface area contributed by atoms with Crippen molar-refractivity contribution in [1.29, 1.82) is 0 Å². The van der Waals surface area contributed by atoms with Crippen molar-refractivity contribution in [2.24, 2.45) is 0 Å². The lowest BCUT2D eigenvalue weighted by Gasteiger charge is -2.30. The molecule has 16 heavy (non-hydrogen) atoms. The highest BCUT2D eigenvalue weighted by Crippen LogP contribution is 2.34. The Kier molecular flexibility index (Phi) is 3.64. The molecule has 1 aromatic heterocycles. The smallest absolute Gasteiger partial charge is 0.219 e. The third-order valence-electron chi connectivity index (χ3n) is 3.05. The van der Waals surface area contributed by atoms with Crippen LogP contribution < -0.4 is 0 Å². The topological polar surface area (TPSA) is 33.2 Å². The molecule has 88 valence electrons. The standard InChI is InChI=1S/C11H15BrN2OS/c1-7-10(12)16-11(13-7)9-3-5-14(6-4-9)8(2)15/h9H,3-6H2,1-2H3. The maximum absolute atomic E-state index is 11.2. The molecule has 0 unspecified atom stereocenters. The summed E-state index contributed by atoms with van der Waals surface area (Å²) in [4.78, 5) is 17.7. The van der Waals surface area contributed by atoms with Crippen molar-refractivity contribution in [2.75, 3.05) is 13.1 Å². The maximum Gasteiger partial charge on any atom is 0.219 e. The van der Waals surface area contributed by atoms with E-state index in [1.165, 1.54) is 5.01 Å². The van der Waals surface area contributed by atoms with E-state index in [0.717, 1.165) is 35.4 Å². The summed E-state index contributed by atoms with van der Waals surface area (Å²) in [6.07, 6.45) is 2.08. The van der Waals surface area contributed by atoms with Crippen molar-refractivity contribution >= 4 is 33.2 Å². The molecule has 1 saturated heterocycles. The van der Waals surface area contributed by atoms with Crippen LogP contribution in [0.25, 0.3) is 0 Å². The normalized spacial score (nSPS) is 17.8. The number of hydrogen-bond donors (Lipinski definition) is 0. The summed E-state index contributed by atoms with van der Waals surface area (Å²) in [6.45, 7) is 5.41. The molecule has 2 rings (SSSR count). The minimum absolute atomic E-state index is 0.190. The Labute approximate surface area is 108 Å². The van der Waals surface area contributed by atoms with Gasteiger partial charge in [0.05, 0.1) is 14.5 Å². The highest BCUT2D eigenvalue weighted by atomic mass is 79.9. The van der Waals surface area contributed by atoms with Gasteiger partial charge in [-0.2, -0.15) is 0 Å². The second kappa shape index (κ2) is 4.84. The monoisotopic (exact) mass is 302 g/mol. The van der Waals surface area contributed by atoms with Gasteiger partial charge < -0.3 is 4.90 Å². The maximum atomic E-state index is 11.2. The molecule has 1 amide bonds. The summed E-state index contributed by atoms with van der Waals surface area (Å²) < 4.78 is 1.14. The van der Waals surface area contributed by atoms with Gasteiger partial charge in [0.15, 0.2) is 0 Å². The predicted molar refractivity (Wildman–Crippen MR) is 68.8 cm³/mol. The minimum atomic E-state index is 0.190. The quantitative estimate of drug-likeness (QED) is 0.799. The van der Waals surface area contributed by atoms with Gasteiger partial charge in [0.2, 0.25) is 5.91 Å². The lowest BCUT2D eigenvalue weighted by atomic mass is 9.97. The van der Waals surface area contributed by atoms with Crippen LogP contribution in [-0.4, -0.2) is 28.9 Å². The van der Waals surface area contributed by atoms with Gasteiger partial charge in [-0.25, -0.2) is 4.98 Å². The molecule has 1 aliphatic rings. The molecular weight excluding hydrogens is 288 g/mol. The Morgan fingerprint density at radius 3 is 2.56 bits per heavy atom. The Balaban J connectivity index is 2.01. The fourth-order valence-electron chi connectivity index (χ4n) is 2.01. The average molecular weight is 303 g/mol. The van der Waals surface area contributed by atoms with Crippen molar-refractivity contribution in [3.63, 3.8) is 0 Å². The Bertz CT molecular complexity index is 377. The predicted octanol–water partition coefficient (Wildman–Crippen LogP) is 2.94. The van der Waals surface area contributed by atoms with E-state index in [1.54, 1.807) is 18.3 Å². The number of rotatable bonds is 1. The van der Waals surface area contributed by atoms with Crippen LogP contribution in [0.15, 0.2) is 3.79 Å². The lowest BCUT2D eigenvalue weighted by molar-refractivity contribution is -0.129. The number of nitrogens with zero attached hydrogens (tertiary/aromatic N) is 2. The number of hydrogen-bond acceptors (Lipinski definition) is 3. The van der Waals surface area contributed by atoms with E-state index in [9.17, 15) is 4.79 Å². The number of piperidine rings is 1. The van der Waals surface area contributed by atoms with Crippen LogP contribution in [0.5, 0.6) is 0 Å². The van der Waals surface area contributed by atoms with Crippen LogP contribution in [0.2, 0.25) is 0 Å². The van der Waals surface area contributed by atoms with E-state index < -0.39 is 0 Å². The van der Waals surface area contributed by atoms with Gasteiger partial charge in [0.1, 0.15) is 0 Å². The molecular formula is C11H15BrN2OS. The van der Waals surface area contributed by atoms with Crippen LogP contribution in [0.1, 0.15) is 36.4 Å². The van der Waals surface area contributed by atoms with Gasteiger partial charge in [-0.15, -0.1) is 11.3 Å². The number of carbonyl (C=O) groups is 1. The first-order valence-electron chi connectivity index (χ1n) is 5.46. The zero-order chi connectivity index (χ0) is 11.7. The van der Waals surface area contributed by atoms with Crippen molar-refractivity contribution in [2.45, 2.75) is 32.6 Å². The first-order valence-corrected chi connectivity index (χ1v) is 7.07. The van der Waals surface area contributed by atoms with Gasteiger partial charge in [-0.1, -0.05) is 0 Å². The first-order chi connectivity index (χ1) is 7.58. The number of carbonyl (C=O) groups excluding carboxylic acids is 1. The Morgan fingerprint density at radius 1 is 1.50 bits per heavy atom. The van der Waals surface area contributed by atoms with E-state index in [0.29, 0.717) is 5.92 Å². The highest BCUT2D eigenvalue weighted by molar-refractivity contribution is 9.11. The van der Waals surface area contributed by atoms with E-state index in [2.05, 4.69) is 20.9 Å². The molecule has 5 heteroatoms. The fraction of sp³-hybridized carbons (Fsp3) is 0.636. The van der Waals surface area contributed by atoms with Gasteiger partial charge in [0.25, 0.3) is 0 Å². The van der Waals surface area contributed by atoms with Gasteiger partial charge in [-0.05, 0) is 35.7 Å². The summed E-state index contributed by atoms with van der Waals surface area (Å²) in [5.74, 6) is 0.723. The molecule has 1 aromatic rings. The van der Waals surface area contributed by atoms with Crippen LogP contribution in [0.4, 0.5) is 0 Å².